The lowest BCUT2D eigenvalue weighted by Gasteiger charge is -2.24. The summed E-state index contributed by atoms with van der Waals surface area (Å²) >= 11 is 0. The van der Waals surface area contributed by atoms with Gasteiger partial charge in [0.1, 0.15) is 0 Å². The predicted molar refractivity (Wildman–Crippen MR) is 64.3 cm³/mol. The Morgan fingerprint density at radius 1 is 1.31 bits per heavy atom. The number of carbonyl (C=O) groups is 1. The molecule has 0 bridgehead atoms. The molecule has 1 amide bonds. The van der Waals surface area contributed by atoms with Crippen LogP contribution in [0.2, 0.25) is 0 Å². The fourth-order valence-corrected chi connectivity index (χ4v) is 1.79. The highest BCUT2D eigenvalue weighted by molar-refractivity contribution is 5.75. The topological polar surface area (TPSA) is 50.4 Å². The predicted octanol–water partition coefficient (Wildman–Crippen LogP) is 0.919. The number of hydrogen-bond acceptors (Lipinski definition) is 3. The van der Waals surface area contributed by atoms with E-state index >= 15 is 0 Å². The molecule has 0 unspecified atom stereocenters. The van der Waals surface area contributed by atoms with E-state index in [0.29, 0.717) is 13.0 Å². The molecule has 0 aromatic carbocycles. The zero-order valence-electron chi connectivity index (χ0n) is 10.3. The third-order valence-electron chi connectivity index (χ3n) is 3.11. The highest BCUT2D eigenvalue weighted by atomic mass is 16.5. The van der Waals surface area contributed by atoms with E-state index in [-0.39, 0.29) is 5.91 Å². The fraction of sp³-hybridized carbons (Fsp3) is 0.917. The zero-order chi connectivity index (χ0) is 11.6. The molecule has 16 heavy (non-hydrogen) atoms. The van der Waals surface area contributed by atoms with Crippen LogP contribution in [0.15, 0.2) is 0 Å². The maximum absolute atomic E-state index is 11.4. The quantitative estimate of drug-likeness (QED) is 0.577. The van der Waals surface area contributed by atoms with E-state index in [1.807, 2.05) is 0 Å². The van der Waals surface area contributed by atoms with Crippen molar-refractivity contribution >= 4 is 5.91 Å². The van der Waals surface area contributed by atoms with Crippen LogP contribution in [0, 0.1) is 5.92 Å². The molecule has 1 aliphatic rings. The van der Waals surface area contributed by atoms with Crippen LogP contribution in [-0.4, -0.2) is 39.3 Å². The van der Waals surface area contributed by atoms with Crippen LogP contribution in [0.4, 0.5) is 0 Å². The summed E-state index contributed by atoms with van der Waals surface area (Å²) in [6.45, 7) is 3.09. The first kappa shape index (κ1) is 13.5. The van der Waals surface area contributed by atoms with Crippen molar-refractivity contribution in [3.8, 4) is 0 Å². The summed E-state index contributed by atoms with van der Waals surface area (Å²) < 4.78 is 4.90. The summed E-state index contributed by atoms with van der Waals surface area (Å²) in [7, 11) is 1.68. The Kier molecular flexibility index (Phi) is 7.17. The molecule has 1 fully saturated rings. The first-order valence-electron chi connectivity index (χ1n) is 6.29. The number of nitrogens with one attached hydrogen (secondary N) is 2. The average molecular weight is 228 g/mol. The Labute approximate surface area is 98.1 Å². The van der Waals surface area contributed by atoms with Gasteiger partial charge in [-0.2, -0.15) is 0 Å². The van der Waals surface area contributed by atoms with E-state index < -0.39 is 0 Å². The summed E-state index contributed by atoms with van der Waals surface area (Å²) in [4.78, 5) is 11.4. The molecule has 0 saturated heterocycles. The highest BCUT2D eigenvalue weighted by Crippen LogP contribution is 2.30. The van der Waals surface area contributed by atoms with Gasteiger partial charge >= 0.3 is 0 Å². The van der Waals surface area contributed by atoms with Crippen molar-refractivity contribution in [1.29, 1.82) is 0 Å². The number of ether oxygens (including phenoxy) is 1. The lowest BCUT2D eigenvalue weighted by Crippen LogP contribution is -2.33. The van der Waals surface area contributed by atoms with Crippen LogP contribution in [-0.2, 0) is 9.53 Å². The largest absolute Gasteiger partial charge is 0.383 e. The Balaban J connectivity index is 1.82. The molecule has 0 aromatic heterocycles. The van der Waals surface area contributed by atoms with Crippen LogP contribution in [0.3, 0.4) is 0 Å². The number of methoxy groups -OCH3 is 1. The second-order valence-electron chi connectivity index (χ2n) is 4.43. The second kappa shape index (κ2) is 8.53. The average Bonchev–Trinajstić information content (AvgIpc) is 2.21. The van der Waals surface area contributed by atoms with E-state index in [2.05, 4.69) is 10.6 Å². The molecule has 0 atom stereocenters. The van der Waals surface area contributed by atoms with Crippen LogP contribution in [0.5, 0.6) is 0 Å². The minimum absolute atomic E-state index is 0.195. The molecule has 0 radical (unpaired) electrons. The van der Waals surface area contributed by atoms with Gasteiger partial charge in [0.15, 0.2) is 0 Å². The third-order valence-corrected chi connectivity index (χ3v) is 3.11. The SMILES string of the molecule is COCCNCCNC(=O)CCC1CCC1. The van der Waals surface area contributed by atoms with Gasteiger partial charge in [-0.25, -0.2) is 0 Å². The van der Waals surface area contributed by atoms with E-state index in [4.69, 9.17) is 4.74 Å². The van der Waals surface area contributed by atoms with Crippen molar-refractivity contribution < 1.29 is 9.53 Å². The molecule has 0 heterocycles. The van der Waals surface area contributed by atoms with Gasteiger partial charge in [-0.1, -0.05) is 19.3 Å². The fourth-order valence-electron chi connectivity index (χ4n) is 1.79. The zero-order valence-corrected chi connectivity index (χ0v) is 10.3. The smallest absolute Gasteiger partial charge is 0.220 e. The Morgan fingerprint density at radius 3 is 2.75 bits per heavy atom. The number of rotatable bonds is 9. The van der Waals surface area contributed by atoms with Gasteiger partial charge in [0.05, 0.1) is 6.61 Å². The number of amides is 1. The molecule has 94 valence electrons. The van der Waals surface area contributed by atoms with Gasteiger partial charge in [0.25, 0.3) is 0 Å². The molecule has 0 aromatic rings. The Bertz CT molecular complexity index is 193. The molecular formula is C12H24N2O2. The normalized spacial score (nSPS) is 15.8. The molecule has 1 saturated carbocycles. The first-order chi connectivity index (χ1) is 7.83. The first-order valence-corrected chi connectivity index (χ1v) is 6.29. The van der Waals surface area contributed by atoms with E-state index in [9.17, 15) is 4.79 Å². The van der Waals surface area contributed by atoms with Crippen LogP contribution < -0.4 is 10.6 Å². The van der Waals surface area contributed by atoms with Gasteiger partial charge in [-0.15, -0.1) is 0 Å². The molecule has 4 nitrogen and oxygen atoms in total. The van der Waals surface area contributed by atoms with Gasteiger partial charge in [-0.05, 0) is 12.3 Å². The van der Waals surface area contributed by atoms with E-state index in [1.54, 1.807) is 7.11 Å². The standard InChI is InChI=1S/C12H24N2O2/c1-16-10-9-13-7-8-14-12(15)6-5-11-3-2-4-11/h11,13H,2-10H2,1H3,(H,14,15). The Hall–Kier alpha value is -0.610. The summed E-state index contributed by atoms with van der Waals surface area (Å²) in [5, 5.41) is 6.11. The van der Waals surface area contributed by atoms with Crippen molar-refractivity contribution in [2.24, 2.45) is 5.92 Å². The van der Waals surface area contributed by atoms with Crippen molar-refractivity contribution in [3.63, 3.8) is 0 Å². The Morgan fingerprint density at radius 2 is 2.12 bits per heavy atom. The maximum Gasteiger partial charge on any atom is 0.220 e. The maximum atomic E-state index is 11.4. The number of carbonyl (C=O) groups excluding carboxylic acids is 1. The van der Waals surface area contributed by atoms with Crippen LogP contribution in [0.1, 0.15) is 32.1 Å². The monoisotopic (exact) mass is 228 g/mol. The van der Waals surface area contributed by atoms with Crippen molar-refractivity contribution in [1.82, 2.24) is 10.6 Å². The minimum atomic E-state index is 0.195. The summed E-state index contributed by atoms with van der Waals surface area (Å²) in [6, 6.07) is 0. The van der Waals surface area contributed by atoms with Crippen LogP contribution >= 0.6 is 0 Å². The highest BCUT2D eigenvalue weighted by Gasteiger charge is 2.17. The van der Waals surface area contributed by atoms with Crippen LogP contribution in [0.25, 0.3) is 0 Å². The van der Waals surface area contributed by atoms with Crippen molar-refractivity contribution in [2.75, 3.05) is 33.4 Å². The molecule has 1 rings (SSSR count). The summed E-state index contributed by atoms with van der Waals surface area (Å²) in [5.74, 6) is 1.02. The van der Waals surface area contributed by atoms with E-state index in [1.165, 1.54) is 19.3 Å². The molecular weight excluding hydrogens is 204 g/mol. The molecule has 0 aliphatic heterocycles. The summed E-state index contributed by atoms with van der Waals surface area (Å²) in [5.41, 5.74) is 0. The van der Waals surface area contributed by atoms with Gasteiger partial charge in [0.2, 0.25) is 5.91 Å². The molecule has 1 aliphatic carbocycles. The molecule has 2 N–H and O–H groups in total. The van der Waals surface area contributed by atoms with Gasteiger partial charge in [-0.3, -0.25) is 4.79 Å². The lowest BCUT2D eigenvalue weighted by atomic mass is 9.82. The lowest BCUT2D eigenvalue weighted by molar-refractivity contribution is -0.121. The van der Waals surface area contributed by atoms with Crippen molar-refractivity contribution in [3.05, 3.63) is 0 Å². The minimum Gasteiger partial charge on any atom is -0.383 e. The number of hydrogen-bond donors (Lipinski definition) is 2. The van der Waals surface area contributed by atoms with Gasteiger partial charge < -0.3 is 15.4 Å². The molecule has 4 heteroatoms. The second-order valence-corrected chi connectivity index (χ2v) is 4.43. The van der Waals surface area contributed by atoms with Gasteiger partial charge in [0, 0.05) is 33.2 Å². The third kappa shape index (κ3) is 6.08. The summed E-state index contributed by atoms with van der Waals surface area (Å²) in [6.07, 6.45) is 5.78. The van der Waals surface area contributed by atoms with Crippen molar-refractivity contribution in [2.45, 2.75) is 32.1 Å². The molecule has 0 spiro atoms. The van der Waals surface area contributed by atoms with E-state index in [0.717, 1.165) is 32.0 Å².